The first-order chi connectivity index (χ1) is 30.0. The second-order valence-corrected chi connectivity index (χ2v) is 20.9. The predicted molar refractivity (Wildman–Crippen MR) is 240 cm³/mol. The Morgan fingerprint density at radius 1 is 0.719 bits per heavy atom. The molecule has 0 bridgehead atoms. The van der Waals surface area contributed by atoms with E-state index in [4.69, 9.17) is 14.9 Å². The van der Waals surface area contributed by atoms with Crippen molar-refractivity contribution in [2.75, 3.05) is 113 Å². The Hall–Kier alpha value is -4.94. The van der Waals surface area contributed by atoms with Gasteiger partial charge in [0.15, 0.2) is 0 Å². The number of piperazine rings is 1. The van der Waals surface area contributed by atoms with Crippen LogP contribution in [0, 0.1) is 0 Å². The number of likely N-dealkylation sites (N-methyl/N-ethyl adjacent to an activating group) is 2. The number of benzene rings is 4. The molecule has 0 spiro atoms. The van der Waals surface area contributed by atoms with Crippen molar-refractivity contribution in [3.8, 4) is 5.75 Å². The third-order valence-corrected chi connectivity index (χ3v) is 15.8. The fraction of sp³-hybridized carbons (Fsp3) is 0.524. The number of ether oxygens (including phenoxy) is 1. The molecule has 5 rings (SSSR count). The summed E-state index contributed by atoms with van der Waals surface area (Å²) in [5.74, 6) is -4.83. The average Bonchev–Trinajstić information content (AvgIpc) is 3.22. The number of anilines is 1. The van der Waals surface area contributed by atoms with Gasteiger partial charge in [-0.25, -0.2) is 25.4 Å². The van der Waals surface area contributed by atoms with Gasteiger partial charge in [-0.05, 0) is 45.1 Å². The van der Waals surface area contributed by atoms with Gasteiger partial charge in [0.1, 0.15) is 31.0 Å². The monoisotopic (exact) mass is 934 g/mol. The van der Waals surface area contributed by atoms with Crippen LogP contribution in [-0.2, 0) is 39.2 Å². The highest BCUT2D eigenvalue weighted by Crippen LogP contribution is 2.46. The van der Waals surface area contributed by atoms with E-state index in [-0.39, 0.29) is 59.6 Å². The summed E-state index contributed by atoms with van der Waals surface area (Å²) in [7, 11) is 1.72. The van der Waals surface area contributed by atoms with Crippen LogP contribution in [0.3, 0.4) is 0 Å². The summed E-state index contributed by atoms with van der Waals surface area (Å²) < 4.78 is 68.2. The normalized spacial score (nSPS) is 15.9. The summed E-state index contributed by atoms with van der Waals surface area (Å²) >= 11 is 0. The molecule has 1 aliphatic heterocycles. The molecule has 1 heterocycles. The number of carboxylic acids is 4. The first kappa shape index (κ1) is 50.1. The summed E-state index contributed by atoms with van der Waals surface area (Å²) in [4.78, 5) is 49.1. The van der Waals surface area contributed by atoms with Gasteiger partial charge in [0, 0.05) is 98.4 Å². The van der Waals surface area contributed by atoms with Gasteiger partial charge in [-0.1, -0.05) is 18.2 Å². The van der Waals surface area contributed by atoms with Crippen LogP contribution in [0.5, 0.6) is 5.75 Å². The number of carboxylic acid groups (broad SMARTS) is 4. The maximum Gasteiger partial charge on any atom is 0.321 e. The van der Waals surface area contributed by atoms with Crippen molar-refractivity contribution in [3.63, 3.8) is 0 Å². The zero-order chi connectivity index (χ0) is 47.3. The summed E-state index contributed by atoms with van der Waals surface area (Å²) in [5.41, 5.74) is 0.758. The van der Waals surface area contributed by atoms with E-state index in [2.05, 4.69) is 29.6 Å². The van der Waals surface area contributed by atoms with E-state index in [1.807, 2.05) is 25.1 Å². The Balaban J connectivity index is 1.60. The molecule has 4 aromatic carbocycles. The third-order valence-electron chi connectivity index (χ3n) is 12.0. The molecule has 1 fully saturated rings. The van der Waals surface area contributed by atoms with Gasteiger partial charge in [0.25, 0.3) is 0 Å². The van der Waals surface area contributed by atoms with Gasteiger partial charge < -0.3 is 45.2 Å². The summed E-state index contributed by atoms with van der Waals surface area (Å²) in [6.07, 6.45) is -1.19. The number of nitrogens with one attached hydrogen (secondary N) is 2. The van der Waals surface area contributed by atoms with E-state index < -0.39 is 68.8 Å². The summed E-state index contributed by atoms with van der Waals surface area (Å²) in [6, 6.07) is 7.18. The molecular weight excluding hydrogens is 875 g/mol. The van der Waals surface area contributed by atoms with E-state index in [1.165, 1.54) is 14.1 Å². The van der Waals surface area contributed by atoms with Crippen molar-refractivity contribution < 1.29 is 65.7 Å². The molecule has 352 valence electrons. The molecule has 0 aromatic heterocycles. The SMILES string of the molecule is CN1CC[N+](C)(CCOc2cc(N(C)C)c3ccc4c(S(=O)(=O)N(C)CCCNC(CC(=O)O)C(=O)O)cc(S(=O)(=O)N(C)CCCNC(CC(=O)O)C(=O)O)c5ccc2c3c54)CC1. The first-order valence-corrected chi connectivity index (χ1v) is 23.8. The lowest BCUT2D eigenvalue weighted by Gasteiger charge is -2.40. The van der Waals surface area contributed by atoms with Crippen LogP contribution in [0.4, 0.5) is 5.69 Å². The molecule has 2 unspecified atom stereocenters. The van der Waals surface area contributed by atoms with Crippen molar-refractivity contribution in [1.82, 2.24) is 24.1 Å². The molecule has 0 aliphatic carbocycles. The van der Waals surface area contributed by atoms with E-state index >= 15 is 0 Å². The van der Waals surface area contributed by atoms with Crippen LogP contribution >= 0.6 is 0 Å². The molecule has 2 atom stereocenters. The number of rotatable bonds is 25. The number of sulfonamides is 2. The second kappa shape index (κ2) is 20.5. The molecule has 20 nitrogen and oxygen atoms in total. The number of hydrogen-bond donors (Lipinski definition) is 6. The van der Waals surface area contributed by atoms with Gasteiger partial charge in [0.2, 0.25) is 20.0 Å². The lowest BCUT2D eigenvalue weighted by Crippen LogP contribution is -2.57. The average molecular weight is 935 g/mol. The molecule has 1 saturated heterocycles. The zero-order valence-electron chi connectivity index (χ0n) is 37.0. The summed E-state index contributed by atoms with van der Waals surface area (Å²) in [6.45, 7) is 4.65. The number of quaternary nitrogens is 1. The maximum absolute atomic E-state index is 14.7. The molecule has 0 amide bonds. The van der Waals surface area contributed by atoms with Crippen LogP contribution in [-0.4, -0.2) is 199 Å². The molecule has 4 aromatic rings. The maximum atomic E-state index is 14.7. The first-order valence-electron chi connectivity index (χ1n) is 20.9. The highest BCUT2D eigenvalue weighted by molar-refractivity contribution is 7.90. The minimum atomic E-state index is -4.48. The van der Waals surface area contributed by atoms with Crippen molar-refractivity contribution in [2.24, 2.45) is 0 Å². The molecular formula is C42H60N7O13S2+. The summed E-state index contributed by atoms with van der Waals surface area (Å²) in [5, 5.41) is 45.2. The number of aliphatic carboxylic acids is 4. The van der Waals surface area contributed by atoms with Gasteiger partial charge >= 0.3 is 23.9 Å². The Labute approximate surface area is 373 Å². The minimum Gasteiger partial charge on any atom is -0.487 e. The van der Waals surface area contributed by atoms with Crippen molar-refractivity contribution in [3.05, 3.63) is 36.4 Å². The molecule has 1 aliphatic rings. The number of hydrogen-bond acceptors (Lipinski definition) is 13. The van der Waals surface area contributed by atoms with Gasteiger partial charge in [-0.3, -0.25) is 24.1 Å². The molecule has 64 heavy (non-hydrogen) atoms. The number of carbonyl (C=O) groups is 4. The Bertz CT molecular complexity index is 2490. The Morgan fingerprint density at radius 2 is 1.16 bits per heavy atom. The van der Waals surface area contributed by atoms with Crippen LogP contribution in [0.2, 0.25) is 0 Å². The van der Waals surface area contributed by atoms with Gasteiger partial charge in [0.05, 0.1) is 42.8 Å². The Kier molecular flexibility index (Phi) is 16.0. The second-order valence-electron chi connectivity index (χ2n) is 16.9. The lowest BCUT2D eigenvalue weighted by molar-refractivity contribution is -0.913. The zero-order valence-corrected chi connectivity index (χ0v) is 38.7. The fourth-order valence-corrected chi connectivity index (χ4v) is 10.9. The quantitative estimate of drug-likeness (QED) is 0.0312. The van der Waals surface area contributed by atoms with E-state index in [0.29, 0.717) is 28.5 Å². The fourth-order valence-electron chi connectivity index (χ4n) is 8.02. The number of nitrogens with zero attached hydrogens (tertiary/aromatic N) is 5. The molecule has 6 N–H and O–H groups in total. The van der Waals surface area contributed by atoms with Crippen LogP contribution < -0.4 is 20.3 Å². The van der Waals surface area contributed by atoms with Crippen molar-refractivity contribution >= 4 is 81.9 Å². The standard InChI is InChI=1S/C42H59N7O13S2/c1-45(2)33-25-34(62-22-21-49(6)19-17-46(3)18-20-49)28-10-12-30-36(64(60,61)48(5)16-8-14-44-32(42(56)57)24-38(52)53)26-35(29-11-9-27(33)39(28)40(29)30)63(58,59)47(4)15-7-13-43-31(41(54)55)23-37(50)51/h9-12,25-26,31-32,43-44H,7-8,13-24H2,1-6H3,(H3-,50,51,52,53,54,55,56,57)/p+1. The topological polar surface area (TPSA) is 264 Å². The third kappa shape index (κ3) is 11.3. The van der Waals surface area contributed by atoms with E-state index in [0.717, 1.165) is 63.0 Å². The predicted octanol–water partition coefficient (Wildman–Crippen LogP) is 1.48. The highest BCUT2D eigenvalue weighted by atomic mass is 32.2. The molecule has 22 heteroatoms. The van der Waals surface area contributed by atoms with Gasteiger partial charge in [-0.2, -0.15) is 0 Å². The van der Waals surface area contributed by atoms with E-state index in [9.17, 15) is 46.2 Å². The van der Waals surface area contributed by atoms with Crippen LogP contribution in [0.1, 0.15) is 25.7 Å². The van der Waals surface area contributed by atoms with Crippen molar-refractivity contribution in [2.45, 2.75) is 47.6 Å². The van der Waals surface area contributed by atoms with Crippen molar-refractivity contribution in [1.29, 1.82) is 0 Å². The minimum absolute atomic E-state index is 0.0312. The molecule has 0 saturated carbocycles. The van der Waals surface area contributed by atoms with Crippen LogP contribution in [0.15, 0.2) is 46.2 Å². The van der Waals surface area contributed by atoms with Crippen LogP contribution in [0.25, 0.3) is 32.3 Å². The largest absolute Gasteiger partial charge is 0.487 e. The highest BCUT2D eigenvalue weighted by Gasteiger charge is 2.33. The Morgan fingerprint density at radius 3 is 1.59 bits per heavy atom. The smallest absolute Gasteiger partial charge is 0.321 e. The van der Waals surface area contributed by atoms with Gasteiger partial charge in [-0.15, -0.1) is 0 Å². The van der Waals surface area contributed by atoms with E-state index in [1.54, 1.807) is 24.3 Å². The molecule has 0 radical (unpaired) electrons. The lowest BCUT2D eigenvalue weighted by atomic mass is 9.92.